The Morgan fingerprint density at radius 1 is 1.33 bits per heavy atom. The predicted molar refractivity (Wildman–Crippen MR) is 105 cm³/mol. The first-order valence-electron chi connectivity index (χ1n) is 9.37. The Kier molecular flexibility index (Phi) is 8.13. The van der Waals surface area contributed by atoms with Crippen molar-refractivity contribution in [3.05, 3.63) is 36.0 Å². The van der Waals surface area contributed by atoms with Crippen molar-refractivity contribution >= 4 is 17.6 Å². The van der Waals surface area contributed by atoms with Crippen molar-refractivity contribution in [3.63, 3.8) is 0 Å². The molecule has 1 fully saturated rings. The van der Waals surface area contributed by atoms with Gasteiger partial charge in [0.15, 0.2) is 0 Å². The van der Waals surface area contributed by atoms with Gasteiger partial charge in [-0.25, -0.2) is 4.79 Å². The summed E-state index contributed by atoms with van der Waals surface area (Å²) in [7, 11) is 1.54. The van der Waals surface area contributed by atoms with Crippen LogP contribution in [0, 0.1) is 0 Å². The second-order valence-corrected chi connectivity index (χ2v) is 6.40. The zero-order chi connectivity index (χ0) is 19.6. The standard InChI is InChI=1S/C20H29N3O4/c1-4-5-6-12-27-13-10-21-19(24)16-7-8-18(26-3)17(14-16)23-11-9-15(2)22-20(23)25/h7-8,14H,2,4-6,9-13H2,1,3H3,(H,21,24)(H,22,25). The Bertz CT molecular complexity index is 675. The zero-order valence-corrected chi connectivity index (χ0v) is 16.2. The van der Waals surface area contributed by atoms with Crippen molar-refractivity contribution in [2.75, 3.05) is 38.3 Å². The van der Waals surface area contributed by atoms with Crippen LogP contribution in [0.4, 0.5) is 10.5 Å². The topological polar surface area (TPSA) is 79.9 Å². The lowest BCUT2D eigenvalue weighted by molar-refractivity contribution is 0.0912. The molecule has 0 saturated carbocycles. The number of nitrogens with zero attached hydrogens (tertiary/aromatic N) is 1. The first-order chi connectivity index (χ1) is 13.1. The molecule has 148 valence electrons. The predicted octanol–water partition coefficient (Wildman–Crippen LogP) is 3.07. The van der Waals surface area contributed by atoms with E-state index < -0.39 is 0 Å². The maximum absolute atomic E-state index is 12.4. The summed E-state index contributed by atoms with van der Waals surface area (Å²) in [5.74, 6) is 0.325. The molecule has 0 aromatic heterocycles. The quantitative estimate of drug-likeness (QED) is 0.616. The summed E-state index contributed by atoms with van der Waals surface area (Å²) in [5, 5.41) is 5.55. The Labute approximate surface area is 160 Å². The van der Waals surface area contributed by atoms with Gasteiger partial charge in [-0.1, -0.05) is 26.3 Å². The Hall–Kier alpha value is -2.54. The van der Waals surface area contributed by atoms with Crippen LogP contribution in [0.1, 0.15) is 43.0 Å². The number of hydrogen-bond acceptors (Lipinski definition) is 4. The van der Waals surface area contributed by atoms with Crippen LogP contribution in [-0.4, -0.2) is 45.4 Å². The molecule has 2 rings (SSSR count). The molecular formula is C20H29N3O4. The third-order valence-corrected chi connectivity index (χ3v) is 4.32. The van der Waals surface area contributed by atoms with Gasteiger partial charge in [0.1, 0.15) is 5.75 Å². The van der Waals surface area contributed by atoms with Gasteiger partial charge in [0, 0.05) is 37.4 Å². The van der Waals surface area contributed by atoms with Crippen LogP contribution < -0.4 is 20.3 Å². The third-order valence-electron chi connectivity index (χ3n) is 4.32. The van der Waals surface area contributed by atoms with Crippen molar-refractivity contribution in [2.24, 2.45) is 0 Å². The van der Waals surface area contributed by atoms with Crippen LogP contribution in [0.2, 0.25) is 0 Å². The van der Waals surface area contributed by atoms with E-state index in [2.05, 4.69) is 24.1 Å². The highest BCUT2D eigenvalue weighted by Gasteiger charge is 2.25. The molecule has 7 heteroatoms. The molecule has 1 aromatic rings. The second kappa shape index (κ2) is 10.6. The molecule has 7 nitrogen and oxygen atoms in total. The summed E-state index contributed by atoms with van der Waals surface area (Å²) in [5.41, 5.74) is 1.71. The number of carbonyl (C=O) groups excluding carboxylic acids is 2. The monoisotopic (exact) mass is 375 g/mol. The van der Waals surface area contributed by atoms with Crippen molar-refractivity contribution in [3.8, 4) is 5.75 Å². The van der Waals surface area contributed by atoms with E-state index in [0.717, 1.165) is 19.3 Å². The number of hydrogen-bond donors (Lipinski definition) is 2. The van der Waals surface area contributed by atoms with Gasteiger partial charge in [-0.05, 0) is 24.6 Å². The summed E-state index contributed by atoms with van der Waals surface area (Å²) >= 11 is 0. The zero-order valence-electron chi connectivity index (χ0n) is 16.2. The minimum atomic E-state index is -0.275. The molecule has 1 heterocycles. The molecule has 0 spiro atoms. The highest BCUT2D eigenvalue weighted by molar-refractivity contribution is 5.99. The Morgan fingerprint density at radius 3 is 2.85 bits per heavy atom. The number of benzene rings is 1. The lowest BCUT2D eigenvalue weighted by Gasteiger charge is -2.30. The van der Waals surface area contributed by atoms with Gasteiger partial charge in [-0.2, -0.15) is 0 Å². The van der Waals surface area contributed by atoms with E-state index in [0.29, 0.717) is 55.4 Å². The van der Waals surface area contributed by atoms with Crippen LogP contribution in [-0.2, 0) is 4.74 Å². The van der Waals surface area contributed by atoms with E-state index >= 15 is 0 Å². The fourth-order valence-electron chi connectivity index (χ4n) is 2.80. The van der Waals surface area contributed by atoms with Gasteiger partial charge < -0.3 is 20.1 Å². The lowest BCUT2D eigenvalue weighted by Crippen LogP contribution is -2.45. The smallest absolute Gasteiger partial charge is 0.326 e. The van der Waals surface area contributed by atoms with E-state index in [1.54, 1.807) is 23.1 Å². The number of ether oxygens (including phenoxy) is 2. The van der Waals surface area contributed by atoms with Crippen molar-refractivity contribution < 1.29 is 19.1 Å². The SMILES string of the molecule is C=C1CCN(c2cc(C(=O)NCCOCCCCC)ccc2OC)C(=O)N1. The van der Waals surface area contributed by atoms with E-state index in [4.69, 9.17) is 9.47 Å². The number of rotatable bonds is 10. The minimum Gasteiger partial charge on any atom is -0.495 e. The van der Waals surface area contributed by atoms with Crippen LogP contribution in [0.25, 0.3) is 0 Å². The average molecular weight is 375 g/mol. The summed E-state index contributed by atoms with van der Waals surface area (Å²) in [6.07, 6.45) is 3.98. The molecular weight excluding hydrogens is 346 g/mol. The van der Waals surface area contributed by atoms with Gasteiger partial charge in [0.05, 0.1) is 19.4 Å². The first kappa shape index (κ1) is 20.8. The Balaban J connectivity index is 1.96. The molecule has 1 aromatic carbocycles. The third kappa shape index (κ3) is 5.99. The number of anilines is 1. The normalized spacial score (nSPS) is 14.1. The molecule has 0 bridgehead atoms. The Morgan fingerprint density at radius 2 is 2.15 bits per heavy atom. The molecule has 0 atom stereocenters. The summed E-state index contributed by atoms with van der Waals surface area (Å²) in [4.78, 5) is 26.2. The molecule has 0 aliphatic carbocycles. The van der Waals surface area contributed by atoms with Gasteiger partial charge >= 0.3 is 6.03 Å². The molecule has 3 amide bonds. The molecule has 0 unspecified atom stereocenters. The number of urea groups is 1. The summed E-state index contributed by atoms with van der Waals surface area (Å²) in [6, 6.07) is 4.77. The first-order valence-corrected chi connectivity index (χ1v) is 9.37. The minimum absolute atomic E-state index is 0.210. The van der Waals surface area contributed by atoms with Crippen molar-refractivity contribution in [1.29, 1.82) is 0 Å². The number of amides is 3. The number of unbranched alkanes of at least 4 members (excludes halogenated alkanes) is 2. The second-order valence-electron chi connectivity index (χ2n) is 6.40. The number of carbonyl (C=O) groups is 2. The molecule has 27 heavy (non-hydrogen) atoms. The maximum atomic E-state index is 12.4. The highest BCUT2D eigenvalue weighted by atomic mass is 16.5. The molecule has 1 saturated heterocycles. The van der Waals surface area contributed by atoms with E-state index in [1.165, 1.54) is 7.11 Å². The van der Waals surface area contributed by atoms with E-state index in [9.17, 15) is 9.59 Å². The maximum Gasteiger partial charge on any atom is 0.326 e. The van der Waals surface area contributed by atoms with E-state index in [1.807, 2.05) is 0 Å². The number of nitrogens with one attached hydrogen (secondary N) is 2. The molecule has 2 N–H and O–H groups in total. The van der Waals surface area contributed by atoms with Gasteiger partial charge in [-0.15, -0.1) is 0 Å². The van der Waals surface area contributed by atoms with Crippen molar-refractivity contribution in [1.82, 2.24) is 10.6 Å². The molecule has 1 aliphatic heterocycles. The van der Waals surface area contributed by atoms with Gasteiger partial charge in [-0.3, -0.25) is 9.69 Å². The van der Waals surface area contributed by atoms with Gasteiger partial charge in [0.25, 0.3) is 5.91 Å². The summed E-state index contributed by atoms with van der Waals surface area (Å²) < 4.78 is 10.9. The fourth-order valence-corrected chi connectivity index (χ4v) is 2.80. The average Bonchev–Trinajstić information content (AvgIpc) is 2.66. The van der Waals surface area contributed by atoms with Crippen molar-refractivity contribution in [2.45, 2.75) is 32.6 Å². The lowest BCUT2D eigenvalue weighted by atomic mass is 10.1. The fraction of sp³-hybridized carbons (Fsp3) is 0.500. The van der Waals surface area contributed by atoms with E-state index in [-0.39, 0.29) is 11.9 Å². The number of methoxy groups -OCH3 is 1. The molecule has 1 aliphatic rings. The van der Waals surface area contributed by atoms with Crippen LogP contribution in [0.15, 0.2) is 30.5 Å². The summed E-state index contributed by atoms with van der Waals surface area (Å²) in [6.45, 7) is 8.05. The molecule has 0 radical (unpaired) electrons. The van der Waals surface area contributed by atoms with Crippen LogP contribution >= 0.6 is 0 Å². The highest BCUT2D eigenvalue weighted by Crippen LogP contribution is 2.31. The van der Waals surface area contributed by atoms with Crippen LogP contribution in [0.5, 0.6) is 5.75 Å². The van der Waals surface area contributed by atoms with Crippen LogP contribution in [0.3, 0.4) is 0 Å². The van der Waals surface area contributed by atoms with Gasteiger partial charge in [0.2, 0.25) is 0 Å². The largest absolute Gasteiger partial charge is 0.495 e.